The van der Waals surface area contributed by atoms with E-state index in [-0.39, 0.29) is 77.0 Å². The minimum atomic E-state index is -0.778. The van der Waals surface area contributed by atoms with Gasteiger partial charge in [0.05, 0.1) is 95.3 Å². The maximum atomic E-state index is 13.3. The number of nitrogens with one attached hydrogen (secondary N) is 2. The molecule has 11 heterocycles. The Hall–Kier alpha value is -7.61. The average molecular weight is 1710 g/mol. The standard InChI is InChI=1S/C36H57N5O6.C28H41N5O6.C12H20BrNO3.C12H19N3/c1-35(2,3)46-33(44)27-13-19-40(20-14-27)31(42)25-38-17-8-7-9-18-39(24-30-12-10-11-29(23-38)37-30)26-32(43)41-21-15-28(16-22-41)34(45)47-36(4,5)6;34-25(32-13-7-21(8-14-32)27(36)37)19-30-11-2-1-3-12-31(18-24-6-4-5-23(17-30)29-24)20-26(35)33-15-9-22(10-16-33)28(38)39;1-12(2,3)17-11(16)9-4-6-14(7-5-9)10(15)8-13;1-2-7-13-9-11-5-4-6-12(15-11)10-14-8-3-1/h10-12,27-28H,7-9,13-26H2,1-6H3;4-6,21-22H,1-3,7-20H2,(H,36,37)(H,38,39);9H,4-8H2,1-3H3;4-6,13-14H,1-3,7-10H2. The summed E-state index contributed by atoms with van der Waals surface area (Å²) in [4.78, 5) is 156. The summed E-state index contributed by atoms with van der Waals surface area (Å²) in [5, 5.41) is 25.7. The molecule has 5 amide bonds. The fourth-order valence-corrected chi connectivity index (χ4v) is 16.3. The minimum Gasteiger partial charge on any atom is -0.481 e. The molecule has 3 aromatic rings. The second-order valence-corrected chi connectivity index (χ2v) is 36.5. The van der Waals surface area contributed by atoms with Gasteiger partial charge in [0, 0.05) is 105 Å². The summed E-state index contributed by atoms with van der Waals surface area (Å²) in [6.45, 7) is 33.1. The van der Waals surface area contributed by atoms with E-state index in [4.69, 9.17) is 24.2 Å². The number of pyridine rings is 3. The van der Waals surface area contributed by atoms with Gasteiger partial charge in [-0.25, -0.2) is 0 Å². The van der Waals surface area contributed by atoms with Gasteiger partial charge in [0.25, 0.3) is 0 Å². The number of ether oxygens (including phenoxy) is 3. The number of alkyl halides is 1. The van der Waals surface area contributed by atoms with Gasteiger partial charge in [0.15, 0.2) is 0 Å². The lowest BCUT2D eigenvalue weighted by Crippen LogP contribution is -2.46. The smallest absolute Gasteiger partial charge is 0.309 e. The molecule has 0 aliphatic carbocycles. The van der Waals surface area contributed by atoms with Gasteiger partial charge in [0.1, 0.15) is 16.8 Å². The van der Waals surface area contributed by atoms with Crippen molar-refractivity contribution >= 4 is 75.3 Å². The first-order valence-electron chi connectivity index (χ1n) is 43.5. The monoisotopic (exact) mass is 1710 g/mol. The molecular weight excluding hydrogens is 1570 g/mol. The highest BCUT2D eigenvalue weighted by Crippen LogP contribution is 2.28. The van der Waals surface area contributed by atoms with Gasteiger partial charge in [-0.15, -0.1) is 0 Å². The summed E-state index contributed by atoms with van der Waals surface area (Å²) in [7, 11) is 0. The number of hydrogen-bond acceptors (Lipinski definition) is 22. The fourth-order valence-electron chi connectivity index (χ4n) is 16.0. The predicted molar refractivity (Wildman–Crippen MR) is 452 cm³/mol. The third kappa shape index (κ3) is 34.9. The van der Waals surface area contributed by atoms with Crippen LogP contribution >= 0.6 is 15.9 Å². The maximum absolute atomic E-state index is 13.3. The van der Waals surface area contributed by atoms with E-state index in [1.54, 1.807) is 14.7 Å². The molecule has 5 fully saturated rings. The van der Waals surface area contributed by atoms with E-state index in [0.717, 1.165) is 125 Å². The molecule has 656 valence electrons. The normalized spacial score (nSPS) is 20.0. The summed E-state index contributed by atoms with van der Waals surface area (Å²) in [5.74, 6) is -2.75. The molecule has 6 bridgehead atoms. The molecule has 11 rings (SSSR count). The Morgan fingerprint density at radius 3 is 0.814 bits per heavy atom. The predicted octanol–water partition coefficient (Wildman–Crippen LogP) is 8.95. The number of likely N-dealkylation sites (tertiary alicyclic amines) is 5. The topological polar surface area (TPSA) is 331 Å². The largest absolute Gasteiger partial charge is 0.481 e. The van der Waals surface area contributed by atoms with Crippen LogP contribution in [-0.4, -0.2) is 282 Å². The fraction of sp³-hybridized carbons (Fsp3) is 0.716. The van der Waals surface area contributed by atoms with E-state index in [1.165, 1.54) is 19.3 Å². The van der Waals surface area contributed by atoms with E-state index < -0.39 is 28.7 Å². The third-order valence-corrected chi connectivity index (χ3v) is 23.0. The Morgan fingerprint density at radius 1 is 0.339 bits per heavy atom. The van der Waals surface area contributed by atoms with E-state index in [2.05, 4.69) is 69.3 Å². The number of halogens is 1. The Kier molecular flexibility index (Phi) is 39.1. The zero-order chi connectivity index (χ0) is 85.4. The number of aliphatic carboxylic acids is 2. The van der Waals surface area contributed by atoms with Gasteiger partial charge < -0.3 is 59.6 Å². The lowest BCUT2D eigenvalue weighted by molar-refractivity contribution is -0.163. The van der Waals surface area contributed by atoms with Crippen molar-refractivity contribution in [1.82, 2.24) is 69.7 Å². The van der Waals surface area contributed by atoms with E-state index in [0.29, 0.717) is 187 Å². The number of nitrogens with zero attached hydrogens (tertiary/aromatic N) is 12. The summed E-state index contributed by atoms with van der Waals surface area (Å²) in [6.07, 6.45) is 15.5. The maximum Gasteiger partial charge on any atom is 0.309 e. The minimum absolute atomic E-state index is 0.0409. The summed E-state index contributed by atoms with van der Waals surface area (Å²) in [6, 6.07) is 18.2. The second-order valence-electron chi connectivity index (χ2n) is 35.9. The zero-order valence-electron chi connectivity index (χ0n) is 72.1. The van der Waals surface area contributed by atoms with Gasteiger partial charge in [0.2, 0.25) is 29.5 Å². The molecule has 4 N–H and O–H groups in total. The molecule has 0 atom stereocenters. The lowest BCUT2D eigenvalue weighted by Gasteiger charge is -2.34. The van der Waals surface area contributed by atoms with Crippen molar-refractivity contribution in [1.29, 1.82) is 0 Å². The lowest BCUT2D eigenvalue weighted by atomic mass is 9.96. The van der Waals surface area contributed by atoms with Crippen LogP contribution in [0.1, 0.15) is 218 Å². The highest BCUT2D eigenvalue weighted by atomic mass is 79.9. The SMILES string of the molecule is CC(C)(C)OC(=O)C1CCN(C(=O)CBr)CC1.CC(C)(C)OC(=O)C1CCN(C(=O)CN2CCCCCN(CC(=O)N3CCC(C(=O)OC(C)(C)C)CC3)Cc3cccc(n3)C2)CC1.O=C(O)C1CCN(C(=O)CN2CCCCCN(CC(=O)N3CCC(C(=O)O)CC3)Cc3cccc(n3)C2)CC1.c1cc2nc(c1)CNCCCCCNC2. The molecule has 8 aliphatic heterocycles. The van der Waals surface area contributed by atoms with E-state index in [9.17, 15) is 58.2 Å². The first-order chi connectivity index (χ1) is 56.2. The van der Waals surface area contributed by atoms with Gasteiger partial charge in [-0.05, 0) is 241 Å². The number of carbonyl (C=O) groups is 10. The van der Waals surface area contributed by atoms with Crippen LogP contribution in [0.25, 0.3) is 0 Å². The van der Waals surface area contributed by atoms with Crippen molar-refractivity contribution in [3.8, 4) is 0 Å². The Bertz CT molecular complexity index is 3510. The van der Waals surface area contributed by atoms with Crippen molar-refractivity contribution in [3.05, 3.63) is 88.8 Å². The molecule has 8 aliphatic rings. The van der Waals surface area contributed by atoms with Crippen molar-refractivity contribution in [2.75, 3.05) is 136 Å². The molecule has 0 unspecified atom stereocenters. The molecule has 30 heteroatoms. The van der Waals surface area contributed by atoms with Crippen LogP contribution < -0.4 is 10.6 Å². The molecule has 5 saturated heterocycles. The Labute approximate surface area is 708 Å². The molecular formula is C88H137BrN14O15. The first kappa shape index (κ1) is 95.9. The van der Waals surface area contributed by atoms with E-state index in [1.807, 2.05) is 109 Å². The van der Waals surface area contributed by atoms with Gasteiger partial charge in [-0.3, -0.25) is 82.5 Å². The molecule has 0 saturated carbocycles. The van der Waals surface area contributed by atoms with Crippen LogP contribution in [-0.2, 0) is 101 Å². The number of carboxylic acids is 2. The highest BCUT2D eigenvalue weighted by Gasteiger charge is 2.36. The number of hydrogen-bond donors (Lipinski definition) is 4. The molecule has 0 radical (unpaired) electrons. The number of fused-ring (bicyclic) bond motifs is 6. The van der Waals surface area contributed by atoms with Crippen LogP contribution in [0.3, 0.4) is 0 Å². The number of esters is 3. The Morgan fingerprint density at radius 2 is 0.568 bits per heavy atom. The van der Waals surface area contributed by atoms with Crippen LogP contribution in [0.5, 0.6) is 0 Å². The van der Waals surface area contributed by atoms with Crippen LogP contribution in [0, 0.1) is 29.6 Å². The summed E-state index contributed by atoms with van der Waals surface area (Å²) >= 11 is 3.15. The van der Waals surface area contributed by atoms with Gasteiger partial charge in [-0.2, -0.15) is 0 Å². The number of amides is 5. The number of carbonyl (C=O) groups excluding carboxylic acids is 8. The van der Waals surface area contributed by atoms with Crippen LogP contribution in [0.15, 0.2) is 54.6 Å². The third-order valence-electron chi connectivity index (χ3n) is 22.6. The molecule has 0 aromatic carbocycles. The number of aromatic nitrogens is 3. The quantitative estimate of drug-likeness (QED) is 0.0664. The van der Waals surface area contributed by atoms with Crippen molar-refractivity contribution in [2.24, 2.45) is 29.6 Å². The van der Waals surface area contributed by atoms with Crippen molar-refractivity contribution in [3.63, 3.8) is 0 Å². The van der Waals surface area contributed by atoms with Crippen molar-refractivity contribution in [2.45, 2.75) is 240 Å². The summed E-state index contributed by atoms with van der Waals surface area (Å²) in [5.41, 5.74) is 4.44. The number of rotatable bonds is 14. The van der Waals surface area contributed by atoms with Gasteiger partial charge in [-0.1, -0.05) is 53.4 Å². The average Bonchev–Trinajstić information content (AvgIpc) is 0.845. The van der Waals surface area contributed by atoms with Crippen LogP contribution in [0.4, 0.5) is 0 Å². The number of piperidine rings is 5. The highest BCUT2D eigenvalue weighted by molar-refractivity contribution is 9.09. The Balaban J connectivity index is 0.000000217. The van der Waals surface area contributed by atoms with Gasteiger partial charge >= 0.3 is 29.8 Å². The second kappa shape index (κ2) is 48.1. The first-order valence-corrected chi connectivity index (χ1v) is 44.6. The van der Waals surface area contributed by atoms with Crippen LogP contribution in [0.2, 0.25) is 0 Å². The number of carboxylic acid groups (broad SMARTS) is 2. The zero-order valence-corrected chi connectivity index (χ0v) is 73.6. The molecule has 0 spiro atoms. The summed E-state index contributed by atoms with van der Waals surface area (Å²) < 4.78 is 16.5. The molecule has 118 heavy (non-hydrogen) atoms. The van der Waals surface area contributed by atoms with E-state index >= 15 is 0 Å². The van der Waals surface area contributed by atoms with Crippen molar-refractivity contribution < 1.29 is 72.4 Å². The molecule has 29 nitrogen and oxygen atoms in total. The molecule has 3 aromatic heterocycles.